The summed E-state index contributed by atoms with van der Waals surface area (Å²) in [5, 5.41) is 23.4. The lowest BCUT2D eigenvalue weighted by molar-refractivity contribution is 0.0958. The Morgan fingerprint density at radius 2 is 2.00 bits per heavy atom. The molecule has 0 bridgehead atoms. The van der Waals surface area contributed by atoms with Crippen LogP contribution in [0.1, 0.15) is 56.5 Å². The van der Waals surface area contributed by atoms with Gasteiger partial charge in [-0.15, -0.1) is 6.58 Å². The van der Waals surface area contributed by atoms with E-state index in [2.05, 4.69) is 48.1 Å². The van der Waals surface area contributed by atoms with Crippen LogP contribution in [-0.2, 0) is 4.74 Å². The summed E-state index contributed by atoms with van der Waals surface area (Å²) in [5.41, 5.74) is 1.04. The summed E-state index contributed by atoms with van der Waals surface area (Å²) in [4.78, 5) is 31.0. The molecule has 0 atom stereocenters. The normalized spacial score (nSPS) is 16.5. The van der Waals surface area contributed by atoms with E-state index in [0.29, 0.717) is 35.3 Å². The van der Waals surface area contributed by atoms with Gasteiger partial charge in [-0.1, -0.05) is 6.08 Å². The third-order valence-corrected chi connectivity index (χ3v) is 6.28. The van der Waals surface area contributed by atoms with Crippen LogP contribution >= 0.6 is 0 Å². The first-order valence-corrected chi connectivity index (χ1v) is 13.4. The maximum absolute atomic E-state index is 12.9. The van der Waals surface area contributed by atoms with Crippen molar-refractivity contribution >= 4 is 41.3 Å². The lowest BCUT2D eigenvalue weighted by Gasteiger charge is -2.27. The van der Waals surface area contributed by atoms with E-state index in [9.17, 15) is 4.79 Å². The quantitative estimate of drug-likeness (QED) is 0.182. The van der Waals surface area contributed by atoms with E-state index in [1.165, 1.54) is 12.4 Å². The number of piperidine rings is 1. The number of aliphatic imine (C=N–C) groups is 1. The van der Waals surface area contributed by atoms with Crippen LogP contribution in [0.4, 0.5) is 23.3 Å². The summed E-state index contributed by atoms with van der Waals surface area (Å²) in [6, 6.07) is 1.95. The molecule has 1 amide bonds. The minimum Gasteiger partial charge on any atom is -0.477 e. The van der Waals surface area contributed by atoms with Crippen LogP contribution < -0.4 is 26.6 Å². The van der Waals surface area contributed by atoms with E-state index in [1.54, 1.807) is 18.3 Å². The molecule has 2 aromatic heterocycles. The Hall–Kier alpha value is -4.32. The van der Waals surface area contributed by atoms with E-state index in [0.717, 1.165) is 25.9 Å². The first-order valence-electron chi connectivity index (χ1n) is 13.4. The second-order valence-electron chi connectivity index (χ2n) is 10.5. The number of rotatable bonds is 11. The zero-order chi connectivity index (χ0) is 28.7. The van der Waals surface area contributed by atoms with Crippen LogP contribution in [0, 0.1) is 10.8 Å². The molecule has 6 N–H and O–H groups in total. The van der Waals surface area contributed by atoms with Gasteiger partial charge in [0.2, 0.25) is 5.95 Å². The summed E-state index contributed by atoms with van der Waals surface area (Å²) in [5.74, 6) is 1.97. The number of hydrogen-bond acceptors (Lipinski definition) is 11. The number of amides is 1. The molecule has 4 heterocycles. The molecule has 1 saturated heterocycles. The van der Waals surface area contributed by atoms with Crippen molar-refractivity contribution in [1.82, 2.24) is 25.6 Å². The number of carbonyl (C=O) groups is 1. The van der Waals surface area contributed by atoms with Crippen LogP contribution in [0.2, 0.25) is 0 Å². The largest absolute Gasteiger partial charge is 0.477 e. The SMILES string of the molecule is C=CCNC(=O)c1cnc(Nc2cnc(NC(C)C)c(C=N)c2)nc1NC1=CC(C)(C)C(OC2CCNCC2)=N1. The molecule has 40 heavy (non-hydrogen) atoms. The standard InChI is InChI=1S/C28H38N10O2/c1-6-9-31-25(39)21-16-33-27(35-19-12-18(14-29)23(32-15-19)34-17(2)3)38-24(21)36-22-13-28(4,5)26(37-22)40-20-7-10-30-11-8-20/h6,12-17,20,29-30H,1,7-11H2,2-5H3,(H,31,39)(H,32,34)(H2,33,35,36,38). The number of ether oxygens (including phenoxy) is 1. The summed E-state index contributed by atoms with van der Waals surface area (Å²) in [6.45, 7) is 13.9. The number of pyridine rings is 1. The molecule has 0 unspecified atom stereocenters. The van der Waals surface area contributed by atoms with Crippen molar-refractivity contribution < 1.29 is 9.53 Å². The van der Waals surface area contributed by atoms with Crippen LogP contribution in [-0.4, -0.2) is 64.8 Å². The zero-order valence-corrected chi connectivity index (χ0v) is 23.5. The minimum absolute atomic E-state index is 0.115. The summed E-state index contributed by atoms with van der Waals surface area (Å²) < 4.78 is 6.28. The molecule has 0 aromatic carbocycles. The lowest BCUT2D eigenvalue weighted by atomic mass is 9.94. The first-order chi connectivity index (χ1) is 19.2. The number of nitrogens with one attached hydrogen (secondary N) is 6. The van der Waals surface area contributed by atoms with Gasteiger partial charge in [-0.25, -0.2) is 9.97 Å². The molecule has 2 aromatic rings. The molecule has 0 spiro atoms. The summed E-state index contributed by atoms with van der Waals surface area (Å²) >= 11 is 0. The Labute approximate surface area is 234 Å². The fourth-order valence-corrected chi connectivity index (χ4v) is 4.27. The summed E-state index contributed by atoms with van der Waals surface area (Å²) in [7, 11) is 0. The highest BCUT2D eigenvalue weighted by atomic mass is 16.5. The van der Waals surface area contributed by atoms with E-state index < -0.39 is 5.41 Å². The van der Waals surface area contributed by atoms with Gasteiger partial charge < -0.3 is 36.7 Å². The monoisotopic (exact) mass is 546 g/mol. The van der Waals surface area contributed by atoms with Crippen LogP contribution in [0.15, 0.2) is 48.0 Å². The molecular weight excluding hydrogens is 508 g/mol. The fraction of sp³-hybridized carbons (Fsp3) is 0.429. The van der Waals surface area contributed by atoms with Gasteiger partial charge >= 0.3 is 0 Å². The Balaban J connectivity index is 1.59. The topological polar surface area (TPSA) is 161 Å². The molecule has 0 saturated carbocycles. The van der Waals surface area contributed by atoms with Crippen molar-refractivity contribution in [3.8, 4) is 0 Å². The first kappa shape index (κ1) is 28.7. The second-order valence-corrected chi connectivity index (χ2v) is 10.5. The highest BCUT2D eigenvalue weighted by Gasteiger charge is 2.33. The third-order valence-electron chi connectivity index (χ3n) is 6.28. The highest BCUT2D eigenvalue weighted by molar-refractivity contribution is 5.99. The van der Waals surface area contributed by atoms with Crippen LogP contribution in [0.25, 0.3) is 0 Å². The number of carbonyl (C=O) groups excluding carboxylic acids is 1. The highest BCUT2D eigenvalue weighted by Crippen LogP contribution is 2.32. The predicted molar refractivity (Wildman–Crippen MR) is 159 cm³/mol. The van der Waals surface area contributed by atoms with E-state index in [-0.39, 0.29) is 35.4 Å². The van der Waals surface area contributed by atoms with Gasteiger partial charge in [0.25, 0.3) is 5.91 Å². The molecule has 0 radical (unpaired) electrons. The van der Waals surface area contributed by atoms with Crippen molar-refractivity contribution in [1.29, 1.82) is 5.41 Å². The number of aromatic nitrogens is 3. The average molecular weight is 547 g/mol. The maximum atomic E-state index is 12.9. The minimum atomic E-state index is -0.423. The fourth-order valence-electron chi connectivity index (χ4n) is 4.27. The average Bonchev–Trinajstić information content (AvgIpc) is 3.20. The number of anilines is 4. The second kappa shape index (κ2) is 12.7. The van der Waals surface area contributed by atoms with Gasteiger partial charge in [0, 0.05) is 30.6 Å². The summed E-state index contributed by atoms with van der Waals surface area (Å²) in [6.07, 6.45) is 9.85. The maximum Gasteiger partial charge on any atom is 0.256 e. The Bertz CT molecular complexity index is 1310. The molecular formula is C28H38N10O2. The molecule has 4 rings (SSSR count). The third kappa shape index (κ3) is 7.20. The van der Waals surface area contributed by atoms with Gasteiger partial charge in [0.1, 0.15) is 29.1 Å². The molecule has 0 aliphatic carbocycles. The van der Waals surface area contributed by atoms with E-state index >= 15 is 0 Å². The molecule has 2 aliphatic rings. The van der Waals surface area contributed by atoms with E-state index in [1.807, 2.05) is 33.8 Å². The molecule has 12 nitrogen and oxygen atoms in total. The van der Waals surface area contributed by atoms with Crippen molar-refractivity contribution in [2.24, 2.45) is 10.4 Å². The Morgan fingerprint density at radius 3 is 2.70 bits per heavy atom. The Morgan fingerprint density at radius 1 is 1.23 bits per heavy atom. The molecule has 212 valence electrons. The van der Waals surface area contributed by atoms with Gasteiger partial charge in [-0.3, -0.25) is 4.79 Å². The predicted octanol–water partition coefficient (Wildman–Crippen LogP) is 3.81. The van der Waals surface area contributed by atoms with Crippen molar-refractivity contribution in [3.05, 3.63) is 54.1 Å². The van der Waals surface area contributed by atoms with E-state index in [4.69, 9.17) is 15.1 Å². The van der Waals surface area contributed by atoms with Gasteiger partial charge in [0.15, 0.2) is 5.90 Å². The van der Waals surface area contributed by atoms with Gasteiger partial charge in [0.05, 0.1) is 17.3 Å². The van der Waals surface area contributed by atoms with Crippen molar-refractivity contribution in [2.45, 2.75) is 52.7 Å². The van der Waals surface area contributed by atoms with Crippen molar-refractivity contribution in [2.75, 3.05) is 35.6 Å². The van der Waals surface area contributed by atoms with Crippen LogP contribution in [0.5, 0.6) is 0 Å². The number of nitrogens with zero attached hydrogens (tertiary/aromatic N) is 4. The van der Waals surface area contributed by atoms with Gasteiger partial charge in [-0.2, -0.15) is 9.98 Å². The zero-order valence-electron chi connectivity index (χ0n) is 23.5. The Kier molecular flexibility index (Phi) is 9.10. The molecule has 12 heteroatoms. The van der Waals surface area contributed by atoms with Crippen molar-refractivity contribution in [3.63, 3.8) is 0 Å². The van der Waals surface area contributed by atoms with Crippen LogP contribution in [0.3, 0.4) is 0 Å². The molecule has 2 aliphatic heterocycles. The van der Waals surface area contributed by atoms with Gasteiger partial charge in [-0.05, 0) is 65.8 Å². The number of hydrogen-bond donors (Lipinski definition) is 6. The molecule has 1 fully saturated rings. The smallest absolute Gasteiger partial charge is 0.256 e. The lowest BCUT2D eigenvalue weighted by Crippen LogP contribution is -2.36.